The van der Waals surface area contributed by atoms with Gasteiger partial charge in [-0.05, 0) is 44.1 Å². The standard InChI is InChI=1S/C16H26N2O2/c1-5-18(14-8-9-17-11-14)12(2)13-6-7-15(19-3)16(10-13)20-4/h6-7,10,12,14,17H,5,8-9,11H2,1-4H3. The number of methoxy groups -OCH3 is 2. The Kier molecular flexibility index (Phi) is 5.26. The van der Waals surface area contributed by atoms with Gasteiger partial charge in [0.15, 0.2) is 11.5 Å². The first-order valence-corrected chi connectivity index (χ1v) is 7.39. The van der Waals surface area contributed by atoms with Gasteiger partial charge >= 0.3 is 0 Å². The summed E-state index contributed by atoms with van der Waals surface area (Å²) >= 11 is 0. The van der Waals surface area contributed by atoms with Crippen LogP contribution in [0.5, 0.6) is 11.5 Å². The highest BCUT2D eigenvalue weighted by Gasteiger charge is 2.26. The van der Waals surface area contributed by atoms with Gasteiger partial charge in [-0.3, -0.25) is 4.90 Å². The van der Waals surface area contributed by atoms with Crippen LogP contribution in [0, 0.1) is 0 Å². The first-order chi connectivity index (χ1) is 9.71. The predicted molar refractivity (Wildman–Crippen MR) is 81.6 cm³/mol. The molecule has 0 amide bonds. The van der Waals surface area contributed by atoms with Crippen molar-refractivity contribution in [2.45, 2.75) is 32.4 Å². The van der Waals surface area contributed by atoms with E-state index in [1.807, 2.05) is 6.07 Å². The first kappa shape index (κ1) is 15.1. The van der Waals surface area contributed by atoms with Crippen LogP contribution in [0.1, 0.15) is 31.9 Å². The smallest absolute Gasteiger partial charge is 0.161 e. The molecule has 0 aliphatic carbocycles. The summed E-state index contributed by atoms with van der Waals surface area (Å²) in [6.07, 6.45) is 1.23. The summed E-state index contributed by atoms with van der Waals surface area (Å²) in [5.74, 6) is 1.59. The van der Waals surface area contributed by atoms with Crippen molar-refractivity contribution >= 4 is 0 Å². The molecule has 2 rings (SSSR count). The second-order valence-electron chi connectivity index (χ2n) is 5.27. The molecule has 1 aromatic rings. The summed E-state index contributed by atoms with van der Waals surface area (Å²) in [7, 11) is 3.36. The maximum Gasteiger partial charge on any atom is 0.161 e. The van der Waals surface area contributed by atoms with Crippen LogP contribution in [0.25, 0.3) is 0 Å². The summed E-state index contributed by atoms with van der Waals surface area (Å²) in [5.41, 5.74) is 1.27. The van der Waals surface area contributed by atoms with Gasteiger partial charge in [0.1, 0.15) is 0 Å². The normalized spacial score (nSPS) is 20.1. The molecule has 1 aliphatic rings. The van der Waals surface area contributed by atoms with E-state index in [9.17, 15) is 0 Å². The lowest BCUT2D eigenvalue weighted by Gasteiger charge is -2.33. The van der Waals surface area contributed by atoms with Crippen LogP contribution in [0.2, 0.25) is 0 Å². The zero-order valence-corrected chi connectivity index (χ0v) is 13.0. The van der Waals surface area contributed by atoms with Gasteiger partial charge in [-0.25, -0.2) is 0 Å². The molecule has 0 radical (unpaired) electrons. The minimum absolute atomic E-state index is 0.379. The highest BCUT2D eigenvalue weighted by Crippen LogP contribution is 2.32. The van der Waals surface area contributed by atoms with Crippen molar-refractivity contribution in [2.24, 2.45) is 0 Å². The van der Waals surface area contributed by atoms with Crippen LogP contribution in [-0.4, -0.2) is 44.8 Å². The molecule has 0 aromatic heterocycles. The Bertz CT molecular complexity index is 430. The van der Waals surface area contributed by atoms with Crippen LogP contribution in [-0.2, 0) is 0 Å². The van der Waals surface area contributed by atoms with E-state index < -0.39 is 0 Å². The van der Waals surface area contributed by atoms with E-state index in [1.165, 1.54) is 12.0 Å². The maximum atomic E-state index is 5.41. The van der Waals surface area contributed by atoms with E-state index in [0.717, 1.165) is 31.1 Å². The molecule has 1 heterocycles. The molecular weight excluding hydrogens is 252 g/mol. The summed E-state index contributed by atoms with van der Waals surface area (Å²) in [4.78, 5) is 2.56. The molecule has 1 aliphatic heterocycles. The number of ether oxygens (including phenoxy) is 2. The Labute approximate surface area is 122 Å². The van der Waals surface area contributed by atoms with Crippen LogP contribution in [0.3, 0.4) is 0 Å². The number of rotatable bonds is 6. The Balaban J connectivity index is 2.20. The average Bonchev–Trinajstić information content (AvgIpc) is 3.01. The summed E-state index contributed by atoms with van der Waals surface area (Å²) < 4.78 is 10.7. The van der Waals surface area contributed by atoms with Crippen LogP contribution in [0.4, 0.5) is 0 Å². The monoisotopic (exact) mass is 278 g/mol. The highest BCUT2D eigenvalue weighted by molar-refractivity contribution is 5.43. The van der Waals surface area contributed by atoms with Crippen LogP contribution >= 0.6 is 0 Å². The molecule has 1 fully saturated rings. The molecule has 0 bridgehead atoms. The number of likely N-dealkylation sites (N-methyl/N-ethyl adjacent to an activating group) is 1. The fraction of sp³-hybridized carbons (Fsp3) is 0.625. The third-order valence-corrected chi connectivity index (χ3v) is 4.26. The van der Waals surface area contributed by atoms with E-state index in [4.69, 9.17) is 9.47 Å². The van der Waals surface area contributed by atoms with Crippen molar-refractivity contribution in [1.82, 2.24) is 10.2 Å². The molecule has 1 aromatic carbocycles. The van der Waals surface area contributed by atoms with Gasteiger partial charge in [-0.15, -0.1) is 0 Å². The largest absolute Gasteiger partial charge is 0.493 e. The van der Waals surface area contributed by atoms with Gasteiger partial charge in [0.2, 0.25) is 0 Å². The van der Waals surface area contributed by atoms with Gasteiger partial charge in [-0.1, -0.05) is 13.0 Å². The molecule has 2 unspecified atom stereocenters. The molecule has 2 atom stereocenters. The lowest BCUT2D eigenvalue weighted by atomic mass is 10.0. The lowest BCUT2D eigenvalue weighted by molar-refractivity contribution is 0.162. The molecule has 112 valence electrons. The fourth-order valence-electron chi connectivity index (χ4n) is 3.07. The molecule has 20 heavy (non-hydrogen) atoms. The molecule has 0 saturated carbocycles. The van der Waals surface area contributed by atoms with Crippen LogP contribution in [0.15, 0.2) is 18.2 Å². The van der Waals surface area contributed by atoms with Crippen molar-refractivity contribution in [3.8, 4) is 11.5 Å². The highest BCUT2D eigenvalue weighted by atomic mass is 16.5. The second-order valence-corrected chi connectivity index (χ2v) is 5.27. The molecule has 4 heteroatoms. The third-order valence-electron chi connectivity index (χ3n) is 4.26. The predicted octanol–water partition coefficient (Wildman–Crippen LogP) is 2.45. The van der Waals surface area contributed by atoms with Crippen LogP contribution < -0.4 is 14.8 Å². The quantitative estimate of drug-likeness (QED) is 0.866. The molecule has 4 nitrogen and oxygen atoms in total. The van der Waals surface area contributed by atoms with Crippen molar-refractivity contribution in [3.63, 3.8) is 0 Å². The number of hydrogen-bond donors (Lipinski definition) is 1. The number of hydrogen-bond acceptors (Lipinski definition) is 4. The number of benzene rings is 1. The zero-order chi connectivity index (χ0) is 14.5. The SMILES string of the molecule is CCN(C1CCNC1)C(C)c1ccc(OC)c(OC)c1. The minimum atomic E-state index is 0.379. The Hall–Kier alpha value is -1.26. The van der Waals surface area contributed by atoms with Crippen molar-refractivity contribution in [3.05, 3.63) is 23.8 Å². The second kappa shape index (κ2) is 6.95. The Morgan fingerprint density at radius 3 is 2.60 bits per heavy atom. The lowest BCUT2D eigenvalue weighted by Crippen LogP contribution is -2.38. The summed E-state index contributed by atoms with van der Waals surface area (Å²) in [6.45, 7) is 7.77. The van der Waals surface area contributed by atoms with E-state index in [1.54, 1.807) is 14.2 Å². The summed E-state index contributed by atoms with van der Waals surface area (Å²) in [5, 5.41) is 3.45. The fourth-order valence-corrected chi connectivity index (χ4v) is 3.07. The Morgan fingerprint density at radius 2 is 2.05 bits per heavy atom. The Morgan fingerprint density at radius 1 is 1.30 bits per heavy atom. The third kappa shape index (κ3) is 3.07. The van der Waals surface area contributed by atoms with Gasteiger partial charge in [-0.2, -0.15) is 0 Å². The van der Waals surface area contributed by atoms with Crippen molar-refractivity contribution in [1.29, 1.82) is 0 Å². The van der Waals surface area contributed by atoms with Crippen molar-refractivity contribution < 1.29 is 9.47 Å². The van der Waals surface area contributed by atoms with E-state index in [0.29, 0.717) is 12.1 Å². The number of nitrogens with zero attached hydrogens (tertiary/aromatic N) is 1. The topological polar surface area (TPSA) is 33.7 Å². The zero-order valence-electron chi connectivity index (χ0n) is 13.0. The minimum Gasteiger partial charge on any atom is -0.493 e. The van der Waals surface area contributed by atoms with E-state index in [-0.39, 0.29) is 0 Å². The van der Waals surface area contributed by atoms with Crippen molar-refractivity contribution in [2.75, 3.05) is 33.9 Å². The maximum absolute atomic E-state index is 5.41. The van der Waals surface area contributed by atoms with Gasteiger partial charge in [0, 0.05) is 18.6 Å². The van der Waals surface area contributed by atoms with Gasteiger partial charge < -0.3 is 14.8 Å². The van der Waals surface area contributed by atoms with Gasteiger partial charge in [0.05, 0.1) is 14.2 Å². The molecule has 1 N–H and O–H groups in total. The average molecular weight is 278 g/mol. The molecular formula is C16H26N2O2. The van der Waals surface area contributed by atoms with Gasteiger partial charge in [0.25, 0.3) is 0 Å². The van der Waals surface area contributed by atoms with E-state index >= 15 is 0 Å². The molecule has 0 spiro atoms. The number of nitrogens with one attached hydrogen (secondary N) is 1. The molecule has 1 saturated heterocycles. The van der Waals surface area contributed by atoms with E-state index in [2.05, 4.69) is 36.2 Å². The first-order valence-electron chi connectivity index (χ1n) is 7.39. The summed E-state index contributed by atoms with van der Waals surface area (Å²) in [6, 6.07) is 7.23.